The summed E-state index contributed by atoms with van der Waals surface area (Å²) in [5.41, 5.74) is 2.37. The van der Waals surface area contributed by atoms with Crippen LogP contribution in [0.2, 0.25) is 0 Å². The maximum Gasteiger partial charge on any atom is 0.417 e. The minimum absolute atomic E-state index is 0.0914. The third-order valence-electron chi connectivity index (χ3n) is 6.94. The van der Waals surface area contributed by atoms with Crippen LogP contribution in [0.15, 0.2) is 66.7 Å². The Hall–Kier alpha value is -4.71. The van der Waals surface area contributed by atoms with E-state index in [0.717, 1.165) is 18.6 Å². The van der Waals surface area contributed by atoms with Crippen molar-refractivity contribution in [3.05, 3.63) is 106 Å². The second kappa shape index (κ2) is 10.2. The first-order valence-electron chi connectivity index (χ1n) is 12.2. The lowest BCUT2D eigenvalue weighted by Crippen LogP contribution is -2.18. The molecule has 1 aliphatic carbocycles. The molecule has 39 heavy (non-hydrogen) atoms. The molecule has 0 amide bonds. The Balaban J connectivity index is 1.83. The standard InChI is InChI=1S/C30H21F4N3O2/c31-21-10-11-22(24(15-21)30(32,33)34)29(18-2-1-3-18)28(19-7-4-17(5-8-19)6-13-27(38)39)20-9-12-25-23(14-20)26(16-35)37-36-25/h4-15,18H,1-3H2,(H,36,37)(H,38,39)/b13-6+,29-28+. The highest BCUT2D eigenvalue weighted by molar-refractivity contribution is 6.02. The number of H-pyrrole nitrogens is 1. The van der Waals surface area contributed by atoms with Crippen LogP contribution in [0.5, 0.6) is 0 Å². The zero-order valence-electron chi connectivity index (χ0n) is 20.4. The van der Waals surface area contributed by atoms with Crippen molar-refractivity contribution in [1.29, 1.82) is 5.26 Å². The van der Waals surface area contributed by atoms with E-state index < -0.39 is 23.5 Å². The number of nitrogens with one attached hydrogen (secondary N) is 1. The minimum Gasteiger partial charge on any atom is -0.478 e. The molecular formula is C30H21F4N3O2. The van der Waals surface area contributed by atoms with Crippen molar-refractivity contribution >= 4 is 34.1 Å². The third-order valence-corrected chi connectivity index (χ3v) is 6.94. The van der Waals surface area contributed by atoms with Crippen LogP contribution in [-0.4, -0.2) is 21.3 Å². The quantitative estimate of drug-likeness (QED) is 0.154. The van der Waals surface area contributed by atoms with E-state index in [9.17, 15) is 27.6 Å². The number of aliphatic carboxylic acids is 1. The second-order valence-electron chi connectivity index (χ2n) is 9.34. The van der Waals surface area contributed by atoms with Crippen LogP contribution < -0.4 is 0 Å². The molecule has 1 fully saturated rings. The van der Waals surface area contributed by atoms with Crippen molar-refractivity contribution in [1.82, 2.24) is 10.2 Å². The normalized spacial score (nSPS) is 14.7. The molecule has 0 bridgehead atoms. The molecule has 5 rings (SSSR count). The summed E-state index contributed by atoms with van der Waals surface area (Å²) in [5, 5.41) is 25.8. The zero-order chi connectivity index (χ0) is 27.7. The van der Waals surface area contributed by atoms with Crippen LogP contribution in [0.4, 0.5) is 17.6 Å². The molecule has 1 aliphatic rings. The SMILES string of the molecule is N#Cc1n[nH]c2ccc(/C(=C(/c3ccc(F)cc3C(F)(F)F)C3CCC3)c3ccc(/C=C/C(=O)O)cc3)cc12. The van der Waals surface area contributed by atoms with Gasteiger partial charge < -0.3 is 5.11 Å². The average molecular weight is 532 g/mol. The van der Waals surface area contributed by atoms with Gasteiger partial charge in [-0.05, 0) is 82.5 Å². The van der Waals surface area contributed by atoms with E-state index in [1.165, 1.54) is 12.1 Å². The summed E-state index contributed by atoms with van der Waals surface area (Å²) in [5.74, 6) is -2.29. The smallest absolute Gasteiger partial charge is 0.417 e. The predicted molar refractivity (Wildman–Crippen MR) is 139 cm³/mol. The summed E-state index contributed by atoms with van der Waals surface area (Å²) in [6, 6.07) is 16.8. The van der Waals surface area contributed by atoms with Crippen LogP contribution in [0, 0.1) is 23.1 Å². The fourth-order valence-corrected chi connectivity index (χ4v) is 4.90. The number of aromatic nitrogens is 2. The first-order valence-corrected chi connectivity index (χ1v) is 12.2. The summed E-state index contributed by atoms with van der Waals surface area (Å²) in [6.07, 6.45) is -0.181. The molecular weight excluding hydrogens is 510 g/mol. The number of halogens is 4. The number of hydrogen-bond donors (Lipinski definition) is 2. The number of fused-ring (bicyclic) bond motifs is 1. The fraction of sp³-hybridized carbons (Fsp3) is 0.167. The molecule has 3 aromatic carbocycles. The van der Waals surface area contributed by atoms with Crippen molar-refractivity contribution in [2.24, 2.45) is 5.92 Å². The maximum absolute atomic E-state index is 14.2. The Kier molecular flexibility index (Phi) is 6.79. The van der Waals surface area contributed by atoms with Crippen LogP contribution in [0.1, 0.15) is 52.8 Å². The van der Waals surface area contributed by atoms with Crippen molar-refractivity contribution in [2.45, 2.75) is 25.4 Å². The van der Waals surface area contributed by atoms with Gasteiger partial charge in [-0.2, -0.15) is 23.5 Å². The lowest BCUT2D eigenvalue weighted by Gasteiger charge is -2.33. The molecule has 4 aromatic rings. The van der Waals surface area contributed by atoms with E-state index in [4.69, 9.17) is 5.11 Å². The van der Waals surface area contributed by atoms with Gasteiger partial charge in [-0.15, -0.1) is 0 Å². The van der Waals surface area contributed by atoms with Gasteiger partial charge in [0, 0.05) is 11.5 Å². The van der Waals surface area contributed by atoms with Crippen molar-refractivity contribution in [3.63, 3.8) is 0 Å². The molecule has 9 heteroatoms. The number of aromatic amines is 1. The van der Waals surface area contributed by atoms with Gasteiger partial charge in [0.15, 0.2) is 5.69 Å². The number of alkyl halides is 3. The summed E-state index contributed by atoms with van der Waals surface area (Å²) in [7, 11) is 0. The number of hydrogen-bond acceptors (Lipinski definition) is 3. The van der Waals surface area contributed by atoms with Crippen LogP contribution in [-0.2, 0) is 11.0 Å². The van der Waals surface area contributed by atoms with Crippen molar-refractivity contribution < 1.29 is 27.5 Å². The van der Waals surface area contributed by atoms with E-state index in [1.54, 1.807) is 42.5 Å². The van der Waals surface area contributed by atoms with Gasteiger partial charge in [-0.1, -0.05) is 42.8 Å². The van der Waals surface area contributed by atoms with Crippen LogP contribution in [0.3, 0.4) is 0 Å². The Labute approximate surface area is 220 Å². The topological polar surface area (TPSA) is 89.8 Å². The molecule has 0 saturated heterocycles. The second-order valence-corrected chi connectivity index (χ2v) is 9.34. The number of carboxylic acid groups (broad SMARTS) is 1. The first-order chi connectivity index (χ1) is 18.7. The van der Waals surface area contributed by atoms with Crippen molar-refractivity contribution in [2.75, 3.05) is 0 Å². The number of nitrogens with zero attached hydrogens (tertiary/aromatic N) is 2. The predicted octanol–water partition coefficient (Wildman–Crippen LogP) is 7.45. The van der Waals surface area contributed by atoms with Crippen LogP contribution >= 0.6 is 0 Å². The van der Waals surface area contributed by atoms with Gasteiger partial charge in [0.05, 0.1) is 11.1 Å². The Morgan fingerprint density at radius 2 is 1.77 bits per heavy atom. The van der Waals surface area contributed by atoms with Gasteiger partial charge in [-0.3, -0.25) is 5.10 Å². The number of nitriles is 1. The summed E-state index contributed by atoms with van der Waals surface area (Å²) in [4.78, 5) is 10.9. The molecule has 0 radical (unpaired) electrons. The third kappa shape index (κ3) is 5.18. The lowest BCUT2D eigenvalue weighted by molar-refractivity contribution is -0.138. The maximum atomic E-state index is 14.2. The molecule has 2 N–H and O–H groups in total. The molecule has 1 saturated carbocycles. The fourth-order valence-electron chi connectivity index (χ4n) is 4.90. The van der Waals surface area contributed by atoms with E-state index in [0.29, 0.717) is 57.6 Å². The largest absolute Gasteiger partial charge is 0.478 e. The van der Waals surface area contributed by atoms with E-state index >= 15 is 0 Å². The monoisotopic (exact) mass is 531 g/mol. The van der Waals surface area contributed by atoms with Gasteiger partial charge in [0.1, 0.15) is 11.9 Å². The Bertz CT molecular complexity index is 1670. The highest BCUT2D eigenvalue weighted by Gasteiger charge is 2.38. The zero-order valence-corrected chi connectivity index (χ0v) is 20.4. The number of carbonyl (C=O) groups is 1. The Morgan fingerprint density at radius 1 is 1.05 bits per heavy atom. The molecule has 196 valence electrons. The molecule has 0 atom stereocenters. The lowest BCUT2D eigenvalue weighted by atomic mass is 9.72. The Morgan fingerprint density at radius 3 is 2.38 bits per heavy atom. The molecule has 5 nitrogen and oxygen atoms in total. The van der Waals surface area contributed by atoms with Crippen LogP contribution in [0.25, 0.3) is 28.1 Å². The molecule has 0 spiro atoms. The van der Waals surface area contributed by atoms with Crippen molar-refractivity contribution in [3.8, 4) is 6.07 Å². The molecule has 0 aliphatic heterocycles. The van der Waals surface area contributed by atoms with E-state index in [1.807, 2.05) is 6.07 Å². The molecule has 1 heterocycles. The number of allylic oxidation sites excluding steroid dienone is 1. The molecule has 0 unspecified atom stereocenters. The van der Waals surface area contributed by atoms with Gasteiger partial charge >= 0.3 is 12.1 Å². The number of benzene rings is 3. The number of rotatable bonds is 6. The van der Waals surface area contributed by atoms with Gasteiger partial charge in [-0.25, -0.2) is 9.18 Å². The summed E-state index contributed by atoms with van der Waals surface area (Å²) < 4.78 is 56.7. The van der Waals surface area contributed by atoms with Gasteiger partial charge in [0.2, 0.25) is 0 Å². The summed E-state index contributed by atoms with van der Waals surface area (Å²) in [6.45, 7) is 0. The first kappa shape index (κ1) is 25.9. The van der Waals surface area contributed by atoms with E-state index in [2.05, 4.69) is 10.2 Å². The highest BCUT2D eigenvalue weighted by atomic mass is 19.4. The molecule has 1 aromatic heterocycles. The minimum atomic E-state index is -4.79. The highest BCUT2D eigenvalue weighted by Crippen LogP contribution is 2.48. The van der Waals surface area contributed by atoms with E-state index in [-0.39, 0.29) is 17.2 Å². The number of carboxylic acids is 1. The average Bonchev–Trinajstić information content (AvgIpc) is 3.29. The summed E-state index contributed by atoms with van der Waals surface area (Å²) >= 11 is 0. The van der Waals surface area contributed by atoms with Gasteiger partial charge in [0.25, 0.3) is 0 Å².